The number of morpholine rings is 1. The Labute approximate surface area is 183 Å². The maximum absolute atomic E-state index is 12.2. The van der Waals surface area contributed by atoms with Crippen LogP contribution in [0.15, 0.2) is 34.5 Å². The normalized spacial score (nSPS) is 14.2. The average Bonchev–Trinajstić information content (AvgIpc) is 3.28. The van der Waals surface area contributed by atoms with Crippen molar-refractivity contribution in [3.8, 4) is 5.75 Å². The first-order chi connectivity index (χ1) is 14.9. The largest absolute Gasteiger partial charge is 0.497 e. The van der Waals surface area contributed by atoms with Crippen LogP contribution in [0.25, 0.3) is 0 Å². The molecular formula is C18H23N5O6S2. The van der Waals surface area contributed by atoms with E-state index in [1.165, 1.54) is 42.7 Å². The summed E-state index contributed by atoms with van der Waals surface area (Å²) < 4.78 is 37.1. The zero-order chi connectivity index (χ0) is 22.3. The molecule has 11 nitrogen and oxygen atoms in total. The van der Waals surface area contributed by atoms with Gasteiger partial charge in [-0.1, -0.05) is 0 Å². The zero-order valence-electron chi connectivity index (χ0n) is 16.8. The van der Waals surface area contributed by atoms with E-state index in [2.05, 4.69) is 20.6 Å². The van der Waals surface area contributed by atoms with E-state index < -0.39 is 21.8 Å². The van der Waals surface area contributed by atoms with Gasteiger partial charge < -0.3 is 14.4 Å². The second-order valence-corrected chi connectivity index (χ2v) is 9.04. The Hall–Kier alpha value is -2.74. The predicted octanol–water partition coefficient (Wildman–Crippen LogP) is 0.118. The number of nitrogens with one attached hydrogen (secondary N) is 3. The van der Waals surface area contributed by atoms with Gasteiger partial charge in [0.15, 0.2) is 5.13 Å². The Morgan fingerprint density at radius 2 is 1.90 bits per heavy atom. The molecule has 1 aliphatic heterocycles. The molecule has 3 rings (SSSR count). The standard InChI is InChI=1S/C18H23N5O6S2/c1-28-13-2-4-14(5-3-13)31(26,27)19-7-6-16(24)21-22-17(25)15-12-30-18(20-15)23-8-10-29-11-9-23/h2-5,12,19H,6-11H2,1H3,(H,21,24)(H,22,25). The van der Waals surface area contributed by atoms with Crippen molar-refractivity contribution in [2.45, 2.75) is 11.3 Å². The molecule has 0 saturated carbocycles. The highest BCUT2D eigenvalue weighted by Gasteiger charge is 2.18. The molecule has 0 radical (unpaired) electrons. The molecule has 1 aromatic heterocycles. The molecule has 13 heteroatoms. The number of hydrogen-bond donors (Lipinski definition) is 3. The van der Waals surface area contributed by atoms with Crippen molar-refractivity contribution in [3.63, 3.8) is 0 Å². The van der Waals surface area contributed by atoms with Gasteiger partial charge in [0.1, 0.15) is 11.4 Å². The van der Waals surface area contributed by atoms with E-state index in [1.807, 2.05) is 4.90 Å². The van der Waals surface area contributed by atoms with Crippen molar-refractivity contribution in [2.75, 3.05) is 44.9 Å². The third-order valence-corrected chi connectivity index (χ3v) is 6.71. The summed E-state index contributed by atoms with van der Waals surface area (Å²) in [6.45, 7) is 2.50. The second-order valence-electron chi connectivity index (χ2n) is 6.44. The van der Waals surface area contributed by atoms with Crippen molar-refractivity contribution in [1.29, 1.82) is 0 Å². The van der Waals surface area contributed by atoms with Crippen molar-refractivity contribution in [1.82, 2.24) is 20.6 Å². The molecule has 0 bridgehead atoms. The van der Waals surface area contributed by atoms with Gasteiger partial charge in [0.25, 0.3) is 5.91 Å². The van der Waals surface area contributed by atoms with Crippen molar-refractivity contribution >= 4 is 38.3 Å². The molecule has 168 valence electrons. The topological polar surface area (TPSA) is 139 Å². The Balaban J connectivity index is 1.41. The van der Waals surface area contributed by atoms with E-state index >= 15 is 0 Å². The van der Waals surface area contributed by atoms with Gasteiger partial charge in [-0.2, -0.15) is 0 Å². The van der Waals surface area contributed by atoms with Crippen molar-refractivity contribution < 1.29 is 27.5 Å². The lowest BCUT2D eigenvalue weighted by molar-refractivity contribution is -0.121. The number of hydrogen-bond acceptors (Lipinski definition) is 9. The molecule has 2 heterocycles. The highest BCUT2D eigenvalue weighted by atomic mass is 32.2. The lowest BCUT2D eigenvalue weighted by atomic mass is 10.3. The van der Waals surface area contributed by atoms with Crippen LogP contribution in [0.2, 0.25) is 0 Å². The highest BCUT2D eigenvalue weighted by molar-refractivity contribution is 7.89. The first-order valence-corrected chi connectivity index (χ1v) is 11.8. The summed E-state index contributed by atoms with van der Waals surface area (Å²) in [6.07, 6.45) is -0.161. The van der Waals surface area contributed by atoms with Gasteiger partial charge >= 0.3 is 0 Å². The molecule has 0 aliphatic carbocycles. The number of nitrogens with zero attached hydrogens (tertiary/aromatic N) is 2. The number of anilines is 1. The summed E-state index contributed by atoms with van der Waals surface area (Å²) in [5.41, 5.74) is 4.72. The van der Waals surface area contributed by atoms with Crippen LogP contribution >= 0.6 is 11.3 Å². The zero-order valence-corrected chi connectivity index (χ0v) is 18.4. The molecular weight excluding hydrogens is 446 g/mol. The number of carbonyl (C=O) groups excluding carboxylic acids is 2. The summed E-state index contributed by atoms with van der Waals surface area (Å²) in [5, 5.41) is 2.32. The Kier molecular flexibility index (Phi) is 7.79. The minimum Gasteiger partial charge on any atom is -0.497 e. The molecule has 1 aliphatic rings. The van der Waals surface area contributed by atoms with E-state index in [9.17, 15) is 18.0 Å². The predicted molar refractivity (Wildman–Crippen MR) is 114 cm³/mol. The maximum Gasteiger partial charge on any atom is 0.289 e. The van der Waals surface area contributed by atoms with E-state index in [0.717, 1.165) is 0 Å². The number of hydrazine groups is 1. The molecule has 0 atom stereocenters. The van der Waals surface area contributed by atoms with Crippen LogP contribution in [0.4, 0.5) is 5.13 Å². The molecule has 3 N–H and O–H groups in total. The van der Waals surface area contributed by atoms with Gasteiger partial charge in [0.2, 0.25) is 15.9 Å². The summed E-state index contributed by atoms with van der Waals surface area (Å²) in [7, 11) is -2.28. The number of benzene rings is 1. The van der Waals surface area contributed by atoms with Crippen LogP contribution in [0, 0.1) is 0 Å². The van der Waals surface area contributed by atoms with Gasteiger partial charge in [0.05, 0.1) is 25.2 Å². The van der Waals surface area contributed by atoms with Gasteiger partial charge in [-0.25, -0.2) is 18.1 Å². The van der Waals surface area contributed by atoms with E-state index in [0.29, 0.717) is 37.2 Å². The van der Waals surface area contributed by atoms with Gasteiger partial charge in [-0.15, -0.1) is 11.3 Å². The Morgan fingerprint density at radius 1 is 1.19 bits per heavy atom. The van der Waals surface area contributed by atoms with Crippen LogP contribution in [0.3, 0.4) is 0 Å². The molecule has 1 aromatic carbocycles. The van der Waals surface area contributed by atoms with Crippen LogP contribution in [-0.4, -0.2) is 65.2 Å². The molecule has 1 fully saturated rings. The van der Waals surface area contributed by atoms with Crippen LogP contribution < -0.4 is 25.2 Å². The molecule has 31 heavy (non-hydrogen) atoms. The number of amides is 2. The minimum atomic E-state index is -3.76. The third kappa shape index (κ3) is 6.37. The molecule has 0 spiro atoms. The first-order valence-electron chi connectivity index (χ1n) is 9.40. The maximum atomic E-state index is 12.2. The number of ether oxygens (including phenoxy) is 2. The van der Waals surface area contributed by atoms with Gasteiger partial charge in [-0.3, -0.25) is 20.4 Å². The first kappa shape index (κ1) is 22.9. The number of thiazole rings is 1. The summed E-state index contributed by atoms with van der Waals surface area (Å²) in [5.74, 6) is -0.566. The smallest absolute Gasteiger partial charge is 0.289 e. The molecule has 2 amide bonds. The number of aromatic nitrogens is 1. The summed E-state index contributed by atoms with van der Waals surface area (Å²) >= 11 is 1.34. The molecule has 1 saturated heterocycles. The second kappa shape index (κ2) is 10.5. The Bertz CT molecular complexity index is 1000. The van der Waals surface area contributed by atoms with Crippen LogP contribution in [0.1, 0.15) is 16.9 Å². The third-order valence-electron chi connectivity index (χ3n) is 4.34. The van der Waals surface area contributed by atoms with E-state index in [1.54, 1.807) is 5.38 Å². The fourth-order valence-electron chi connectivity index (χ4n) is 2.66. The highest BCUT2D eigenvalue weighted by Crippen LogP contribution is 2.21. The Morgan fingerprint density at radius 3 is 2.58 bits per heavy atom. The van der Waals surface area contributed by atoms with Crippen LogP contribution in [-0.2, 0) is 19.6 Å². The lowest BCUT2D eigenvalue weighted by Gasteiger charge is -2.25. The number of rotatable bonds is 8. The molecule has 0 unspecified atom stereocenters. The van der Waals surface area contributed by atoms with Crippen molar-refractivity contribution in [3.05, 3.63) is 35.3 Å². The van der Waals surface area contributed by atoms with Gasteiger partial charge in [0, 0.05) is 31.4 Å². The lowest BCUT2D eigenvalue weighted by Crippen LogP contribution is -2.43. The van der Waals surface area contributed by atoms with Gasteiger partial charge in [-0.05, 0) is 24.3 Å². The summed E-state index contributed by atoms with van der Waals surface area (Å²) in [4.78, 5) is 30.4. The monoisotopic (exact) mass is 469 g/mol. The number of methoxy groups -OCH3 is 1. The molecule has 2 aromatic rings. The van der Waals surface area contributed by atoms with E-state index in [-0.39, 0.29) is 23.6 Å². The SMILES string of the molecule is COc1ccc(S(=O)(=O)NCCC(=O)NNC(=O)c2csc(N3CCOCC3)n2)cc1. The number of sulfonamides is 1. The quantitative estimate of drug-likeness (QED) is 0.463. The fraction of sp³-hybridized carbons (Fsp3) is 0.389. The van der Waals surface area contributed by atoms with Crippen LogP contribution in [0.5, 0.6) is 5.75 Å². The van der Waals surface area contributed by atoms with Crippen molar-refractivity contribution in [2.24, 2.45) is 0 Å². The fourth-order valence-corrected chi connectivity index (χ4v) is 4.55. The minimum absolute atomic E-state index is 0.0571. The number of carbonyl (C=O) groups is 2. The van der Waals surface area contributed by atoms with E-state index in [4.69, 9.17) is 9.47 Å². The summed E-state index contributed by atoms with van der Waals surface area (Å²) in [6, 6.07) is 5.86. The average molecular weight is 470 g/mol.